The van der Waals surface area contributed by atoms with Gasteiger partial charge < -0.3 is 0 Å². The minimum Gasteiger partial charge on any atom is -0.278 e. The van der Waals surface area contributed by atoms with Gasteiger partial charge in [0.05, 0.1) is 49.2 Å². The second-order valence-electron chi connectivity index (χ2n) is 17.0. The van der Waals surface area contributed by atoms with Gasteiger partial charge in [0.15, 0.2) is 0 Å². The summed E-state index contributed by atoms with van der Waals surface area (Å²) in [6.07, 6.45) is 0. The molecular formula is C60H36N6S. The molecule has 0 unspecified atom stereocenters. The molecule has 0 aliphatic heterocycles. The zero-order valence-corrected chi connectivity index (χ0v) is 36.7. The number of fused-ring (bicyclic) bond motifs is 10. The molecule has 5 heterocycles. The highest BCUT2D eigenvalue weighted by Crippen LogP contribution is 2.42. The van der Waals surface area contributed by atoms with Crippen molar-refractivity contribution < 1.29 is 0 Å². The highest BCUT2D eigenvalue weighted by Gasteiger charge is 2.22. The fourth-order valence-electron chi connectivity index (χ4n) is 10.1. The number of rotatable bonds is 6. The number of hydrogen-bond donors (Lipinski definition) is 0. The molecule has 67 heavy (non-hydrogen) atoms. The minimum atomic E-state index is 0.643. The van der Waals surface area contributed by atoms with Crippen LogP contribution in [0.25, 0.3) is 131 Å². The minimum absolute atomic E-state index is 0.643. The van der Waals surface area contributed by atoms with Crippen molar-refractivity contribution in [3.63, 3.8) is 0 Å². The van der Waals surface area contributed by atoms with Gasteiger partial charge in [-0.2, -0.15) is 0 Å². The Balaban J connectivity index is 0.969. The van der Waals surface area contributed by atoms with Crippen LogP contribution >= 0.6 is 11.3 Å². The van der Waals surface area contributed by atoms with E-state index in [1.807, 2.05) is 12.1 Å². The molecule has 0 amide bonds. The van der Waals surface area contributed by atoms with E-state index in [0.717, 1.165) is 93.0 Å². The smallest absolute Gasteiger partial charge is 0.235 e. The van der Waals surface area contributed by atoms with Crippen LogP contribution in [-0.4, -0.2) is 29.1 Å². The largest absolute Gasteiger partial charge is 0.278 e. The summed E-state index contributed by atoms with van der Waals surface area (Å²) < 4.78 is 5.55. The molecule has 9 aromatic carbocycles. The molecule has 14 rings (SSSR count). The van der Waals surface area contributed by atoms with E-state index in [-0.39, 0.29) is 0 Å². The molecule has 0 aliphatic rings. The summed E-state index contributed by atoms with van der Waals surface area (Å²) in [5.41, 5.74) is 13.4. The van der Waals surface area contributed by atoms with Gasteiger partial charge in [-0.1, -0.05) is 170 Å². The van der Waals surface area contributed by atoms with Crippen LogP contribution in [0.4, 0.5) is 0 Å². The zero-order chi connectivity index (χ0) is 44.0. The third-order valence-corrected chi connectivity index (χ3v) is 14.3. The third-order valence-electron chi connectivity index (χ3n) is 13.2. The lowest BCUT2D eigenvalue weighted by molar-refractivity contribution is 1.01. The van der Waals surface area contributed by atoms with Crippen molar-refractivity contribution in [1.82, 2.24) is 29.1 Å². The Bertz CT molecular complexity index is 4270. The number of para-hydroxylation sites is 2. The first-order valence-corrected chi connectivity index (χ1v) is 23.3. The standard InChI is InChI=1S/C60H36N6S/c1-4-17-38(18-5-1)54-36-49-58(67-54)57(40-21-8-3-9-22-40)64-60(62-49)65-50-27-15-13-24-44(50)46-34-41(29-31-51(46)65)42-30-32-52-47(35-42)55-43-23-11-10-16-37(43)28-33-53(55)66(52)59-61-48-26-14-12-25-45(48)56(63-59)39-19-6-2-7-20-39/h1-36H. The number of thiophene rings is 1. The van der Waals surface area contributed by atoms with Crippen molar-refractivity contribution in [3.8, 4) is 56.0 Å². The van der Waals surface area contributed by atoms with Gasteiger partial charge in [0, 0.05) is 42.9 Å². The van der Waals surface area contributed by atoms with Gasteiger partial charge in [0.1, 0.15) is 0 Å². The summed E-state index contributed by atoms with van der Waals surface area (Å²) in [6, 6.07) is 77.3. The van der Waals surface area contributed by atoms with E-state index in [2.05, 4.69) is 215 Å². The van der Waals surface area contributed by atoms with Crippen molar-refractivity contribution in [2.24, 2.45) is 0 Å². The molecule has 14 aromatic rings. The summed E-state index contributed by atoms with van der Waals surface area (Å²) in [6.45, 7) is 0. The quantitative estimate of drug-likeness (QED) is 0.167. The Morgan fingerprint density at radius 2 is 0.836 bits per heavy atom. The lowest BCUT2D eigenvalue weighted by atomic mass is 9.99. The van der Waals surface area contributed by atoms with Crippen molar-refractivity contribution in [1.29, 1.82) is 0 Å². The lowest BCUT2D eigenvalue weighted by Gasteiger charge is -2.12. The number of aromatic nitrogens is 6. The van der Waals surface area contributed by atoms with E-state index in [4.69, 9.17) is 19.9 Å². The highest BCUT2D eigenvalue weighted by molar-refractivity contribution is 7.22. The topological polar surface area (TPSA) is 61.4 Å². The van der Waals surface area contributed by atoms with Crippen LogP contribution in [0.1, 0.15) is 0 Å². The molecule has 0 N–H and O–H groups in total. The third kappa shape index (κ3) is 5.95. The molecule has 6 nitrogen and oxygen atoms in total. The average molecular weight is 873 g/mol. The van der Waals surface area contributed by atoms with Crippen molar-refractivity contribution in [3.05, 3.63) is 218 Å². The van der Waals surface area contributed by atoms with E-state index in [1.54, 1.807) is 11.3 Å². The molecule has 0 spiro atoms. The molecule has 0 saturated carbocycles. The Morgan fingerprint density at radius 1 is 0.313 bits per heavy atom. The predicted octanol–water partition coefficient (Wildman–Crippen LogP) is 15.6. The van der Waals surface area contributed by atoms with Crippen LogP contribution in [0.5, 0.6) is 0 Å². The number of nitrogens with zero attached hydrogens (tertiary/aromatic N) is 6. The van der Waals surface area contributed by atoms with Gasteiger partial charge in [0.2, 0.25) is 11.9 Å². The molecule has 312 valence electrons. The fourth-order valence-corrected chi connectivity index (χ4v) is 11.2. The van der Waals surface area contributed by atoms with Gasteiger partial charge in [-0.25, -0.2) is 19.9 Å². The molecule has 0 aliphatic carbocycles. The monoisotopic (exact) mass is 872 g/mol. The van der Waals surface area contributed by atoms with Crippen molar-refractivity contribution in [2.45, 2.75) is 0 Å². The molecule has 7 heteroatoms. The molecule has 0 atom stereocenters. The van der Waals surface area contributed by atoms with Crippen LogP contribution < -0.4 is 0 Å². The molecule has 0 saturated heterocycles. The van der Waals surface area contributed by atoms with E-state index in [9.17, 15) is 0 Å². The van der Waals surface area contributed by atoms with Gasteiger partial charge in [0.25, 0.3) is 0 Å². The molecule has 0 fully saturated rings. The zero-order valence-electron chi connectivity index (χ0n) is 35.9. The Labute approximate surface area is 388 Å². The summed E-state index contributed by atoms with van der Waals surface area (Å²) >= 11 is 1.74. The number of benzene rings is 9. The van der Waals surface area contributed by atoms with Gasteiger partial charge in [-0.3, -0.25) is 9.13 Å². The van der Waals surface area contributed by atoms with Crippen LogP contribution in [-0.2, 0) is 0 Å². The molecule has 0 radical (unpaired) electrons. The van der Waals surface area contributed by atoms with Crippen LogP contribution in [0.15, 0.2) is 218 Å². The highest BCUT2D eigenvalue weighted by atomic mass is 32.1. The SMILES string of the molecule is c1ccc(-c2cc3nc(-n4c5ccccc5c5cc(-c6ccc7c(c6)c6c8ccccc8ccc6n7-c6nc(-c7ccccc7)c7ccccc7n6)ccc54)nc(-c4ccccc4)c3s2)cc1. The summed E-state index contributed by atoms with van der Waals surface area (Å²) in [4.78, 5) is 22.5. The molecule has 5 aromatic heterocycles. The van der Waals surface area contributed by atoms with Crippen LogP contribution in [0.3, 0.4) is 0 Å². The van der Waals surface area contributed by atoms with E-state index in [1.165, 1.54) is 26.6 Å². The number of hydrogen-bond acceptors (Lipinski definition) is 5. The first kappa shape index (κ1) is 37.6. The van der Waals surface area contributed by atoms with Crippen LogP contribution in [0, 0.1) is 0 Å². The maximum atomic E-state index is 5.41. The van der Waals surface area contributed by atoms with Gasteiger partial charge >= 0.3 is 0 Å². The molecule has 0 bridgehead atoms. The Kier molecular flexibility index (Phi) is 8.35. The Morgan fingerprint density at radius 3 is 1.58 bits per heavy atom. The summed E-state index contributed by atoms with van der Waals surface area (Å²) in [7, 11) is 0. The second-order valence-corrected chi connectivity index (χ2v) is 18.1. The average Bonchev–Trinajstić information content (AvgIpc) is 4.09. The fraction of sp³-hybridized carbons (Fsp3) is 0. The normalized spacial score (nSPS) is 11.9. The van der Waals surface area contributed by atoms with Crippen LogP contribution in [0.2, 0.25) is 0 Å². The summed E-state index contributed by atoms with van der Waals surface area (Å²) in [5, 5.41) is 8.01. The summed E-state index contributed by atoms with van der Waals surface area (Å²) in [5.74, 6) is 1.29. The maximum Gasteiger partial charge on any atom is 0.235 e. The van der Waals surface area contributed by atoms with Crippen molar-refractivity contribution >= 4 is 86.8 Å². The van der Waals surface area contributed by atoms with E-state index >= 15 is 0 Å². The van der Waals surface area contributed by atoms with E-state index in [0.29, 0.717) is 11.9 Å². The van der Waals surface area contributed by atoms with E-state index < -0.39 is 0 Å². The molecular weight excluding hydrogens is 837 g/mol. The first-order chi connectivity index (χ1) is 33.2. The van der Waals surface area contributed by atoms with Gasteiger partial charge in [-0.15, -0.1) is 11.3 Å². The van der Waals surface area contributed by atoms with Crippen molar-refractivity contribution in [2.75, 3.05) is 0 Å². The lowest BCUT2D eigenvalue weighted by Crippen LogP contribution is -2.03. The predicted molar refractivity (Wildman–Crippen MR) is 278 cm³/mol. The Hall–Kier alpha value is -8.78. The van der Waals surface area contributed by atoms with Gasteiger partial charge in [-0.05, 0) is 76.0 Å². The second kappa shape index (κ2) is 14.9. The first-order valence-electron chi connectivity index (χ1n) is 22.5. The maximum absolute atomic E-state index is 5.41.